The number of ether oxygens (including phenoxy) is 3. The number of anilines is 6. The minimum absolute atomic E-state index is 0.00194. The fourth-order valence-corrected chi connectivity index (χ4v) is 41.1. The van der Waals surface area contributed by atoms with Crippen molar-refractivity contribution in [1.29, 1.82) is 0 Å². The SMILES string of the molecule is C#[C][Sn]([CH2]CCC)([CH2]CCC)[CH2]CCC.CCC[CH2][Sn]([CH2]CCC)([CH2]CCC)[c]1cn(C[C@H]2CN(c3cc(F)c(N4C=CC(=O)CC4)c(F)c3F)C(=O)O2)nn1.O=C1C=CN(c2c(F)cc(N3C[C@H](Cn4cc(F)nn4)OC3=O)c(F)c2F)CC1.[N-]=[N+]=NC[C@H]1CN(c2cc(F)c(N3C=CC(=O)CC3)c(F)c2F)C(=O)O1. The van der Waals surface area contributed by atoms with Crippen LogP contribution in [0.2, 0.25) is 26.6 Å². The molecule has 36 heteroatoms. The number of aromatic nitrogens is 6. The van der Waals surface area contributed by atoms with Gasteiger partial charge in [-0.15, -0.1) is 0 Å². The van der Waals surface area contributed by atoms with Crippen LogP contribution in [0.1, 0.15) is 138 Å². The Morgan fingerprint density at radius 3 is 1.14 bits per heavy atom. The van der Waals surface area contributed by atoms with Crippen LogP contribution < -0.4 is 33.1 Å². The second-order valence-corrected chi connectivity index (χ2v) is 53.4. The maximum absolute atomic E-state index is 15.2. The fraction of sp³-hybridized carbons (Fsp3) is 0.520. The van der Waals surface area contributed by atoms with Gasteiger partial charge in [0.1, 0.15) is 23.6 Å². The number of amides is 3. The van der Waals surface area contributed by atoms with Crippen molar-refractivity contribution in [2.45, 2.75) is 196 Å². The van der Waals surface area contributed by atoms with E-state index in [1.807, 2.05) is 6.20 Å². The van der Waals surface area contributed by atoms with Crippen LogP contribution in [-0.4, -0.2) is 166 Å². The number of carbonyl (C=O) groups excluding carboxylic acids is 6. The predicted molar refractivity (Wildman–Crippen MR) is 402 cm³/mol. The summed E-state index contributed by atoms with van der Waals surface area (Å²) in [6.07, 6.45) is 25.9. The second kappa shape index (κ2) is 41.6. The molecule has 0 unspecified atom stereocenters. The largest absolute Gasteiger partial charge is 0.444 e. The average Bonchev–Trinajstić information content (AvgIpc) is 1.77. The van der Waals surface area contributed by atoms with Crippen molar-refractivity contribution in [3.05, 3.63) is 136 Å². The zero-order valence-electron chi connectivity index (χ0n) is 63.0. The topological polar surface area (TPSA) is 260 Å². The van der Waals surface area contributed by atoms with E-state index in [0.29, 0.717) is 12.1 Å². The third-order valence-electron chi connectivity index (χ3n) is 19.9. The Hall–Kier alpha value is -8.85. The summed E-state index contributed by atoms with van der Waals surface area (Å²) >= 11 is -4.88. The summed E-state index contributed by atoms with van der Waals surface area (Å²) in [5, 5.41) is 18.9. The third kappa shape index (κ3) is 22.5. The van der Waals surface area contributed by atoms with Gasteiger partial charge in [-0.2, -0.15) is 4.39 Å². The van der Waals surface area contributed by atoms with E-state index in [9.17, 15) is 59.5 Å². The molecular weight excluding hydrogens is 1680 g/mol. The Morgan fingerprint density at radius 2 is 0.820 bits per heavy atom. The van der Waals surface area contributed by atoms with Crippen LogP contribution in [0.5, 0.6) is 0 Å². The molecule has 3 atom stereocenters. The van der Waals surface area contributed by atoms with E-state index in [2.05, 4.69) is 76.1 Å². The maximum atomic E-state index is 15.2. The molecule has 8 heterocycles. The standard InChI is InChI=1S/C17H13F4N5O3.C17H13F3N5O3.C15H12F3N5O3.6C4H9.C2H.2Sn/c18-11-5-12(14(20)15(21)16(11)24-3-1-9(27)2-4-24)26-7-10(29-17(26)28)6-25-8-13(19)22-23-25;18-12-7-13(14(19)15(20)16(12)23-4-1-10(26)2-5-23)25-9-11(28-17(25)27)8-24-6-3-21-22-24;16-10-5-11(23-7-9(6-20-21-19)26-15(23)25)12(17)13(18)14(10)22-3-1-8(24)2-4-22;6*1-3-4-2;1-2;;/h1,3,5,8,10H,2,4,6-7H2;1,4,6-7,11H,2,5,8-9H2;1,3,5,9H,2,4,6-7H2;6*1,3-4H2,2H3;1H;;/t10-;11-;9-;;;;;;;;;/m000........./s1. The molecule has 3 saturated heterocycles. The molecule has 6 aliphatic heterocycles. The molecule has 111 heavy (non-hydrogen) atoms. The van der Waals surface area contributed by atoms with Gasteiger partial charge in [-0.1, -0.05) is 15.4 Å². The predicted octanol–water partition coefficient (Wildman–Crippen LogP) is 16.3. The smallest absolute Gasteiger partial charge is 0.414 e. The van der Waals surface area contributed by atoms with E-state index >= 15 is 13.2 Å². The van der Waals surface area contributed by atoms with Crippen molar-refractivity contribution in [3.63, 3.8) is 0 Å². The Labute approximate surface area is 645 Å². The maximum Gasteiger partial charge on any atom is 0.414 e. The van der Waals surface area contributed by atoms with Crippen LogP contribution in [0, 0.1) is 68.7 Å². The molecule has 3 aromatic carbocycles. The van der Waals surface area contributed by atoms with E-state index in [0.717, 1.165) is 81.5 Å². The summed E-state index contributed by atoms with van der Waals surface area (Å²) in [6, 6.07) is 2.18. The number of cyclic esters (lactones) is 3. The second-order valence-electron chi connectivity index (χ2n) is 27.9. The summed E-state index contributed by atoms with van der Waals surface area (Å²) in [7, 11) is 0. The van der Waals surface area contributed by atoms with Crippen LogP contribution >= 0.6 is 0 Å². The number of hydrogen-bond donors (Lipinski definition) is 0. The van der Waals surface area contributed by atoms with Gasteiger partial charge in [0.05, 0.1) is 43.8 Å². The van der Waals surface area contributed by atoms with Crippen LogP contribution in [0.3, 0.4) is 0 Å². The number of halogens is 10. The number of ketones is 3. The molecule has 5 aromatic rings. The van der Waals surface area contributed by atoms with Crippen molar-refractivity contribution in [2.75, 3.05) is 75.2 Å². The first-order chi connectivity index (χ1) is 53.2. The number of unbranched alkanes of at least 4 members (excludes halogenated alkanes) is 6. The van der Waals surface area contributed by atoms with Crippen molar-refractivity contribution < 1.29 is 86.9 Å². The summed E-state index contributed by atoms with van der Waals surface area (Å²) in [5.74, 6) is -13.3. The summed E-state index contributed by atoms with van der Waals surface area (Å²) in [6.45, 7) is 12.9. The number of terminal acetylenes is 1. The van der Waals surface area contributed by atoms with Gasteiger partial charge in [-0.05, 0) is 23.8 Å². The monoisotopic (exact) mass is 1780 g/mol. The zero-order valence-corrected chi connectivity index (χ0v) is 68.7. The molecule has 3 amide bonds. The van der Waals surface area contributed by atoms with Crippen molar-refractivity contribution in [3.8, 4) is 10.4 Å². The number of azide groups is 1. The van der Waals surface area contributed by atoms with Gasteiger partial charge in [0.2, 0.25) is 0 Å². The Morgan fingerprint density at radius 1 is 0.486 bits per heavy atom. The van der Waals surface area contributed by atoms with Crippen LogP contribution in [0.25, 0.3) is 10.4 Å². The van der Waals surface area contributed by atoms with Gasteiger partial charge >= 0.3 is 322 Å². The van der Waals surface area contributed by atoms with Crippen LogP contribution in [0.4, 0.5) is 92.4 Å². The molecule has 0 radical (unpaired) electrons. The van der Waals surface area contributed by atoms with E-state index in [1.54, 1.807) is 4.68 Å². The van der Waals surface area contributed by atoms with E-state index in [4.69, 9.17) is 26.2 Å². The van der Waals surface area contributed by atoms with Crippen molar-refractivity contribution >= 4 is 110 Å². The van der Waals surface area contributed by atoms with Crippen LogP contribution in [0.15, 0.2) is 72.5 Å². The van der Waals surface area contributed by atoms with Gasteiger partial charge in [-0.25, -0.2) is 40.6 Å². The molecule has 0 aliphatic carbocycles. The van der Waals surface area contributed by atoms with Gasteiger partial charge < -0.3 is 19.3 Å². The molecular formula is C75H93F10N15O9Sn2. The molecule has 0 N–H and O–H groups in total. The van der Waals surface area contributed by atoms with Gasteiger partial charge in [0.25, 0.3) is 5.95 Å². The molecule has 0 saturated carbocycles. The molecule has 0 spiro atoms. The Kier molecular flexibility index (Phi) is 32.9. The number of allylic oxidation sites excluding steroid dienone is 3. The van der Waals surface area contributed by atoms with E-state index in [-0.39, 0.29) is 95.5 Å². The Balaban J connectivity index is 0.000000196. The first-order valence-corrected chi connectivity index (χ1v) is 52.5. The molecule has 24 nitrogen and oxygen atoms in total. The molecule has 3 fully saturated rings. The number of hydrogen-bond acceptors (Lipinski definition) is 17. The van der Waals surface area contributed by atoms with Gasteiger partial charge in [0, 0.05) is 74.5 Å². The van der Waals surface area contributed by atoms with Crippen LogP contribution in [-0.2, 0) is 41.7 Å². The number of nitrogens with zero attached hydrogens (tertiary/aromatic N) is 15. The molecule has 0 bridgehead atoms. The normalized spacial score (nSPS) is 17.6. The minimum Gasteiger partial charge on any atom is -0.444 e. The first-order valence-electron chi connectivity index (χ1n) is 37.6. The summed E-state index contributed by atoms with van der Waals surface area (Å²) in [4.78, 5) is 78.7. The number of rotatable bonds is 31. The van der Waals surface area contributed by atoms with Gasteiger partial charge in [0.15, 0.2) is 52.3 Å². The summed E-state index contributed by atoms with van der Waals surface area (Å²) in [5.41, 5.74) is 4.61. The summed E-state index contributed by atoms with van der Waals surface area (Å²) < 4.78 is 176. The van der Waals surface area contributed by atoms with Gasteiger partial charge in [-0.3, -0.25) is 24.2 Å². The number of benzene rings is 3. The quantitative estimate of drug-likeness (QED) is 0.00584. The average molecular weight is 1780 g/mol. The van der Waals surface area contributed by atoms with E-state index in [1.165, 1.54) is 109 Å². The molecule has 2 aromatic heterocycles. The third-order valence-corrected chi connectivity index (χ3v) is 47.9. The number of carbonyl (C=O) groups is 6. The molecule has 6 aliphatic rings. The molecule has 11 rings (SSSR count). The zero-order chi connectivity index (χ0) is 80.7. The van der Waals surface area contributed by atoms with Crippen molar-refractivity contribution in [1.82, 2.24) is 30.0 Å². The Bertz CT molecular complexity index is 4280. The fourth-order valence-electron chi connectivity index (χ4n) is 13.8. The van der Waals surface area contributed by atoms with Crippen molar-refractivity contribution in [2.24, 2.45) is 5.11 Å². The first kappa shape index (κ1) is 87.7. The van der Waals surface area contributed by atoms with E-state index < -0.39 is 166 Å². The minimum atomic E-state index is -2.79. The molecule has 600 valence electrons.